The molecule has 0 bridgehead atoms. The van der Waals surface area contributed by atoms with Crippen LogP contribution in [0.25, 0.3) is 0 Å². The van der Waals surface area contributed by atoms with Crippen molar-refractivity contribution in [3.63, 3.8) is 0 Å². The predicted molar refractivity (Wildman–Crippen MR) is 103 cm³/mol. The standard InChI is InChI=1S/C21H29F2N3O2/c1-14(2)25-9-11-26(12-10-25)21(28)15-3-6-17(7-4-15)24-20(27)18-8-5-16(22)13-19(18)23/h5,8,13-15,17H,3-4,6-7,9-12H2,1-2H3,(H,24,27). The van der Waals surface area contributed by atoms with Gasteiger partial charge in [-0.2, -0.15) is 0 Å². The molecular formula is C21H29F2N3O2. The summed E-state index contributed by atoms with van der Waals surface area (Å²) in [6.45, 7) is 7.72. The second kappa shape index (κ2) is 8.99. The van der Waals surface area contributed by atoms with Crippen LogP contribution in [0.5, 0.6) is 0 Å². The van der Waals surface area contributed by atoms with E-state index in [9.17, 15) is 18.4 Å². The van der Waals surface area contributed by atoms with Gasteiger partial charge < -0.3 is 10.2 Å². The molecule has 2 aliphatic rings. The van der Waals surface area contributed by atoms with Gasteiger partial charge in [0.25, 0.3) is 5.91 Å². The number of carbonyl (C=O) groups is 2. The molecule has 28 heavy (non-hydrogen) atoms. The van der Waals surface area contributed by atoms with Crippen molar-refractivity contribution in [2.45, 2.75) is 51.6 Å². The SMILES string of the molecule is CC(C)N1CCN(C(=O)C2CCC(NC(=O)c3ccc(F)cc3F)CC2)CC1. The summed E-state index contributed by atoms with van der Waals surface area (Å²) in [4.78, 5) is 29.4. The molecule has 1 saturated heterocycles. The monoisotopic (exact) mass is 393 g/mol. The number of halogens is 2. The molecule has 3 rings (SSSR count). The number of nitrogens with one attached hydrogen (secondary N) is 1. The zero-order valence-corrected chi connectivity index (χ0v) is 16.6. The molecule has 1 aromatic carbocycles. The predicted octanol–water partition coefficient (Wildman–Crippen LogP) is 2.81. The lowest BCUT2D eigenvalue weighted by atomic mass is 9.85. The zero-order chi connectivity index (χ0) is 20.3. The molecule has 1 N–H and O–H groups in total. The van der Waals surface area contributed by atoms with Gasteiger partial charge in [0.15, 0.2) is 0 Å². The highest BCUT2D eigenvalue weighted by Gasteiger charge is 2.32. The van der Waals surface area contributed by atoms with E-state index in [0.29, 0.717) is 24.9 Å². The summed E-state index contributed by atoms with van der Waals surface area (Å²) in [6, 6.07) is 3.36. The number of benzene rings is 1. The topological polar surface area (TPSA) is 52.6 Å². The normalized spacial score (nSPS) is 23.7. The fraction of sp³-hybridized carbons (Fsp3) is 0.619. The Morgan fingerprint density at radius 2 is 1.68 bits per heavy atom. The number of carbonyl (C=O) groups excluding carboxylic acids is 2. The quantitative estimate of drug-likeness (QED) is 0.856. The first-order valence-electron chi connectivity index (χ1n) is 10.1. The number of piperazine rings is 1. The van der Waals surface area contributed by atoms with E-state index in [0.717, 1.165) is 51.2 Å². The number of amides is 2. The van der Waals surface area contributed by atoms with Crippen LogP contribution in [-0.4, -0.2) is 59.9 Å². The van der Waals surface area contributed by atoms with Crippen molar-refractivity contribution in [2.24, 2.45) is 5.92 Å². The number of nitrogens with zero attached hydrogens (tertiary/aromatic N) is 2. The Hall–Kier alpha value is -2.02. The highest BCUT2D eigenvalue weighted by molar-refractivity contribution is 5.94. The van der Waals surface area contributed by atoms with Crippen molar-refractivity contribution in [3.8, 4) is 0 Å². The van der Waals surface area contributed by atoms with Gasteiger partial charge in [0, 0.05) is 50.2 Å². The molecule has 0 atom stereocenters. The second-order valence-electron chi connectivity index (χ2n) is 8.10. The molecule has 2 amide bonds. The van der Waals surface area contributed by atoms with E-state index >= 15 is 0 Å². The summed E-state index contributed by atoms with van der Waals surface area (Å²) in [5.41, 5.74) is -0.150. The first-order chi connectivity index (χ1) is 13.3. The lowest BCUT2D eigenvalue weighted by Crippen LogP contribution is -2.52. The van der Waals surface area contributed by atoms with Gasteiger partial charge in [-0.15, -0.1) is 0 Å². The maximum atomic E-state index is 13.8. The van der Waals surface area contributed by atoms with Gasteiger partial charge in [-0.25, -0.2) is 8.78 Å². The molecular weight excluding hydrogens is 364 g/mol. The third-order valence-electron chi connectivity index (χ3n) is 5.94. The Kier molecular flexibility index (Phi) is 6.65. The average Bonchev–Trinajstić information content (AvgIpc) is 2.68. The van der Waals surface area contributed by atoms with Crippen LogP contribution in [0.1, 0.15) is 49.9 Å². The number of hydrogen-bond acceptors (Lipinski definition) is 3. The van der Waals surface area contributed by atoms with Crippen molar-refractivity contribution in [1.82, 2.24) is 15.1 Å². The minimum Gasteiger partial charge on any atom is -0.349 e. The third kappa shape index (κ3) is 4.87. The van der Waals surface area contributed by atoms with Crippen LogP contribution in [0.15, 0.2) is 18.2 Å². The van der Waals surface area contributed by atoms with Crippen molar-refractivity contribution < 1.29 is 18.4 Å². The Morgan fingerprint density at radius 3 is 2.25 bits per heavy atom. The van der Waals surface area contributed by atoms with Gasteiger partial charge in [0.05, 0.1) is 5.56 Å². The highest BCUT2D eigenvalue weighted by atomic mass is 19.1. The van der Waals surface area contributed by atoms with E-state index < -0.39 is 17.5 Å². The molecule has 154 valence electrons. The summed E-state index contributed by atoms with van der Waals surface area (Å²) in [5, 5.41) is 2.82. The molecule has 2 fully saturated rings. The van der Waals surface area contributed by atoms with Crippen LogP contribution in [0.3, 0.4) is 0 Å². The summed E-state index contributed by atoms with van der Waals surface area (Å²) in [7, 11) is 0. The number of hydrogen-bond donors (Lipinski definition) is 1. The van der Waals surface area contributed by atoms with E-state index in [2.05, 4.69) is 24.1 Å². The maximum absolute atomic E-state index is 13.8. The largest absolute Gasteiger partial charge is 0.349 e. The van der Waals surface area contributed by atoms with Crippen LogP contribution in [0.4, 0.5) is 8.78 Å². The van der Waals surface area contributed by atoms with Crippen LogP contribution in [-0.2, 0) is 4.79 Å². The minimum atomic E-state index is -0.859. The van der Waals surface area contributed by atoms with Gasteiger partial charge in [-0.1, -0.05) is 0 Å². The highest BCUT2D eigenvalue weighted by Crippen LogP contribution is 2.27. The molecule has 1 aliphatic heterocycles. The third-order valence-corrected chi connectivity index (χ3v) is 5.94. The number of rotatable bonds is 4. The average molecular weight is 393 g/mol. The Morgan fingerprint density at radius 1 is 1.04 bits per heavy atom. The molecule has 1 aromatic rings. The molecule has 7 heteroatoms. The van der Waals surface area contributed by atoms with Gasteiger partial charge in [-0.3, -0.25) is 14.5 Å². The van der Waals surface area contributed by atoms with Crippen LogP contribution >= 0.6 is 0 Å². The summed E-state index contributed by atoms with van der Waals surface area (Å²) < 4.78 is 26.7. The first kappa shape index (κ1) is 20.7. The van der Waals surface area contributed by atoms with Crippen molar-refractivity contribution >= 4 is 11.8 Å². The zero-order valence-electron chi connectivity index (χ0n) is 16.6. The van der Waals surface area contributed by atoms with Gasteiger partial charge >= 0.3 is 0 Å². The van der Waals surface area contributed by atoms with Crippen molar-refractivity contribution in [2.75, 3.05) is 26.2 Å². The van der Waals surface area contributed by atoms with E-state index in [1.807, 2.05) is 4.90 Å². The Labute approximate surface area is 165 Å². The summed E-state index contributed by atoms with van der Waals surface area (Å²) in [6.07, 6.45) is 2.83. The van der Waals surface area contributed by atoms with E-state index in [1.165, 1.54) is 0 Å². The minimum absolute atomic E-state index is 0.00121. The van der Waals surface area contributed by atoms with E-state index in [1.54, 1.807) is 0 Å². The van der Waals surface area contributed by atoms with Gasteiger partial charge in [-0.05, 0) is 51.7 Å². The van der Waals surface area contributed by atoms with Crippen LogP contribution < -0.4 is 5.32 Å². The summed E-state index contributed by atoms with van der Waals surface area (Å²) in [5.74, 6) is -1.87. The molecule has 0 aromatic heterocycles. The van der Waals surface area contributed by atoms with E-state index in [4.69, 9.17) is 0 Å². The van der Waals surface area contributed by atoms with Crippen LogP contribution in [0, 0.1) is 17.6 Å². The van der Waals surface area contributed by atoms with Crippen molar-refractivity contribution in [3.05, 3.63) is 35.4 Å². The molecule has 5 nitrogen and oxygen atoms in total. The van der Waals surface area contributed by atoms with Gasteiger partial charge in [0.1, 0.15) is 11.6 Å². The molecule has 0 unspecified atom stereocenters. The fourth-order valence-electron chi connectivity index (χ4n) is 4.14. The van der Waals surface area contributed by atoms with Crippen LogP contribution in [0.2, 0.25) is 0 Å². The van der Waals surface area contributed by atoms with Crippen molar-refractivity contribution in [1.29, 1.82) is 0 Å². The fourth-order valence-corrected chi connectivity index (χ4v) is 4.14. The summed E-state index contributed by atoms with van der Waals surface area (Å²) >= 11 is 0. The molecule has 1 aliphatic carbocycles. The lowest BCUT2D eigenvalue weighted by Gasteiger charge is -2.39. The maximum Gasteiger partial charge on any atom is 0.254 e. The smallest absolute Gasteiger partial charge is 0.254 e. The Bertz CT molecular complexity index is 710. The molecule has 0 radical (unpaired) electrons. The van der Waals surface area contributed by atoms with E-state index in [-0.39, 0.29) is 23.4 Å². The molecule has 1 heterocycles. The molecule has 0 spiro atoms. The first-order valence-corrected chi connectivity index (χ1v) is 10.1. The lowest BCUT2D eigenvalue weighted by molar-refractivity contribution is -0.138. The second-order valence-corrected chi connectivity index (χ2v) is 8.10. The molecule has 1 saturated carbocycles. The Balaban J connectivity index is 1.46. The van der Waals surface area contributed by atoms with Gasteiger partial charge in [0.2, 0.25) is 5.91 Å².